The van der Waals surface area contributed by atoms with E-state index < -0.39 is 10.0 Å². The fraction of sp³-hybridized carbons (Fsp3) is 0.667. The molecule has 0 radical (unpaired) electrons. The van der Waals surface area contributed by atoms with Crippen molar-refractivity contribution in [3.8, 4) is 0 Å². The molecule has 1 aromatic rings. The third kappa shape index (κ3) is 3.17. The average Bonchev–Trinajstić information content (AvgIpc) is 2.99. The molecule has 0 amide bonds. The lowest BCUT2D eigenvalue weighted by atomic mass is 10.1. The van der Waals surface area contributed by atoms with Crippen LogP contribution in [0.1, 0.15) is 12.1 Å². The predicted octanol–water partition coefficient (Wildman–Crippen LogP) is 0.391. The Balaban J connectivity index is 2.09. The minimum absolute atomic E-state index is 0.301. The predicted molar refractivity (Wildman–Crippen MR) is 72.3 cm³/mol. The molecule has 0 aliphatic carbocycles. The van der Waals surface area contributed by atoms with Crippen molar-refractivity contribution < 1.29 is 13.2 Å². The van der Waals surface area contributed by atoms with Crippen LogP contribution in [0.25, 0.3) is 0 Å². The monoisotopic (exact) mass is 287 g/mol. The number of aromatic nitrogens is 1. The first kappa shape index (κ1) is 14.5. The van der Waals surface area contributed by atoms with Crippen molar-refractivity contribution in [2.75, 3.05) is 33.9 Å². The normalized spacial score (nSPS) is 21.1. The second-order valence-electron chi connectivity index (χ2n) is 4.86. The number of ether oxygens (including phenoxy) is 1. The molecule has 1 aliphatic heterocycles. The topological polar surface area (TPSA) is 74.4 Å². The number of hydrogen-bond acceptors (Lipinski definition) is 4. The maximum Gasteiger partial charge on any atom is 0.244 e. The molecule has 2 heterocycles. The van der Waals surface area contributed by atoms with Gasteiger partial charge >= 0.3 is 0 Å². The summed E-state index contributed by atoms with van der Waals surface area (Å²) in [5, 5.41) is 2.99. The van der Waals surface area contributed by atoms with Crippen molar-refractivity contribution in [1.29, 1.82) is 0 Å². The van der Waals surface area contributed by atoms with Crippen LogP contribution in [0, 0.1) is 5.92 Å². The smallest absolute Gasteiger partial charge is 0.244 e. The van der Waals surface area contributed by atoms with Gasteiger partial charge in [0.1, 0.15) is 0 Å². The molecule has 6 nitrogen and oxygen atoms in total. The number of sulfonamides is 1. The summed E-state index contributed by atoms with van der Waals surface area (Å²) in [7, 11) is 0.102. The number of rotatable bonds is 6. The molecule has 0 aromatic carbocycles. The van der Waals surface area contributed by atoms with E-state index in [1.165, 1.54) is 0 Å². The van der Waals surface area contributed by atoms with E-state index in [1.54, 1.807) is 23.7 Å². The zero-order valence-electron chi connectivity index (χ0n) is 11.3. The molecule has 0 bridgehead atoms. The van der Waals surface area contributed by atoms with Crippen molar-refractivity contribution in [1.82, 2.24) is 14.6 Å². The van der Waals surface area contributed by atoms with E-state index in [0.29, 0.717) is 37.1 Å². The lowest BCUT2D eigenvalue weighted by molar-refractivity contribution is 0.157. The summed E-state index contributed by atoms with van der Waals surface area (Å²) < 4.78 is 31.5. The van der Waals surface area contributed by atoms with Crippen molar-refractivity contribution >= 4 is 10.0 Å². The Bertz CT molecular complexity index is 512. The first-order valence-electron chi connectivity index (χ1n) is 6.39. The molecular weight excluding hydrogens is 266 g/mol. The van der Waals surface area contributed by atoms with Gasteiger partial charge < -0.3 is 15.0 Å². The van der Waals surface area contributed by atoms with Crippen LogP contribution in [0.4, 0.5) is 0 Å². The molecule has 0 saturated carbocycles. The lowest BCUT2D eigenvalue weighted by Gasteiger charge is -2.15. The summed E-state index contributed by atoms with van der Waals surface area (Å²) in [4.78, 5) is 3.32. The minimum Gasteiger partial charge on any atom is -0.384 e. The molecule has 1 fully saturated rings. The summed E-state index contributed by atoms with van der Waals surface area (Å²) in [6.45, 7) is 2.36. The van der Waals surface area contributed by atoms with Gasteiger partial charge in [0, 0.05) is 38.6 Å². The van der Waals surface area contributed by atoms with Crippen molar-refractivity contribution in [2.24, 2.45) is 5.92 Å². The van der Waals surface area contributed by atoms with Crippen LogP contribution in [0.3, 0.4) is 0 Å². The van der Waals surface area contributed by atoms with E-state index >= 15 is 0 Å². The zero-order chi connectivity index (χ0) is 13.9. The van der Waals surface area contributed by atoms with Crippen LogP contribution >= 0.6 is 0 Å². The molecule has 1 atom stereocenters. The van der Waals surface area contributed by atoms with Gasteiger partial charge in [-0.15, -0.1) is 0 Å². The summed E-state index contributed by atoms with van der Waals surface area (Å²) in [6.07, 6.45) is 2.42. The highest BCUT2D eigenvalue weighted by Gasteiger charge is 2.32. The Morgan fingerprint density at radius 3 is 3.05 bits per heavy atom. The van der Waals surface area contributed by atoms with Crippen LogP contribution in [0.2, 0.25) is 0 Å². The molecular formula is C12H21N3O3S. The number of H-pyrrole nitrogens is 1. The Kier molecular flexibility index (Phi) is 4.62. The van der Waals surface area contributed by atoms with Gasteiger partial charge in [-0.05, 0) is 25.5 Å². The van der Waals surface area contributed by atoms with E-state index in [-0.39, 0.29) is 0 Å². The highest BCUT2D eigenvalue weighted by molar-refractivity contribution is 7.89. The summed E-state index contributed by atoms with van der Waals surface area (Å²) in [5.74, 6) is 0.301. The molecule has 1 unspecified atom stereocenters. The molecule has 1 saturated heterocycles. The van der Waals surface area contributed by atoms with Crippen molar-refractivity contribution in [3.05, 3.63) is 18.0 Å². The maximum absolute atomic E-state index is 12.4. The first-order valence-corrected chi connectivity index (χ1v) is 7.83. The largest absolute Gasteiger partial charge is 0.384 e. The van der Waals surface area contributed by atoms with Crippen LogP contribution in [-0.4, -0.2) is 51.6 Å². The van der Waals surface area contributed by atoms with E-state index in [0.717, 1.165) is 12.1 Å². The quantitative estimate of drug-likeness (QED) is 0.794. The minimum atomic E-state index is -3.37. The Labute approximate surface area is 114 Å². The second-order valence-corrected chi connectivity index (χ2v) is 6.80. The standard InChI is InChI=1S/C12H21N3O3S/c1-13-6-11-5-12(7-14-11)19(16,17)15-4-3-10(8-15)9-18-2/h5,7,10,13-14H,3-4,6,8-9H2,1-2H3. The number of aromatic amines is 1. The van der Waals surface area contributed by atoms with Gasteiger partial charge in [0.05, 0.1) is 11.5 Å². The van der Waals surface area contributed by atoms with Crippen LogP contribution in [-0.2, 0) is 21.3 Å². The molecule has 1 aromatic heterocycles. The third-order valence-electron chi connectivity index (χ3n) is 3.37. The number of hydrogen-bond donors (Lipinski definition) is 2. The Hall–Kier alpha value is -0.890. The van der Waals surface area contributed by atoms with E-state index in [4.69, 9.17) is 4.74 Å². The average molecular weight is 287 g/mol. The summed E-state index contributed by atoms with van der Waals surface area (Å²) in [5.41, 5.74) is 0.869. The van der Waals surface area contributed by atoms with E-state index in [9.17, 15) is 8.42 Å². The molecule has 0 spiro atoms. The second kappa shape index (κ2) is 6.04. The molecule has 2 N–H and O–H groups in total. The number of nitrogens with one attached hydrogen (secondary N) is 2. The third-order valence-corrected chi connectivity index (χ3v) is 5.22. The fourth-order valence-electron chi connectivity index (χ4n) is 2.40. The first-order chi connectivity index (χ1) is 9.07. The van der Waals surface area contributed by atoms with Gasteiger partial charge in [-0.3, -0.25) is 0 Å². The van der Waals surface area contributed by atoms with Gasteiger partial charge in [-0.25, -0.2) is 8.42 Å². The molecule has 108 valence electrons. The zero-order valence-corrected chi connectivity index (χ0v) is 12.2. The highest BCUT2D eigenvalue weighted by Crippen LogP contribution is 2.24. The Morgan fingerprint density at radius 1 is 1.58 bits per heavy atom. The molecule has 1 aliphatic rings. The van der Waals surface area contributed by atoms with Gasteiger partial charge in [-0.2, -0.15) is 4.31 Å². The summed E-state index contributed by atoms with van der Waals surface area (Å²) >= 11 is 0. The van der Waals surface area contributed by atoms with Gasteiger partial charge in [0.15, 0.2) is 0 Å². The molecule has 7 heteroatoms. The van der Waals surface area contributed by atoms with Crippen LogP contribution in [0.5, 0.6) is 0 Å². The van der Waals surface area contributed by atoms with Gasteiger partial charge in [0.25, 0.3) is 0 Å². The van der Waals surface area contributed by atoms with Crippen LogP contribution < -0.4 is 5.32 Å². The van der Waals surface area contributed by atoms with Gasteiger partial charge in [-0.1, -0.05) is 0 Å². The van der Waals surface area contributed by atoms with E-state index in [2.05, 4.69) is 10.3 Å². The fourth-order valence-corrected chi connectivity index (χ4v) is 3.95. The Morgan fingerprint density at radius 2 is 2.37 bits per heavy atom. The highest BCUT2D eigenvalue weighted by atomic mass is 32.2. The molecule has 2 rings (SSSR count). The summed E-state index contributed by atoms with van der Waals surface area (Å²) in [6, 6.07) is 1.69. The van der Waals surface area contributed by atoms with Crippen LogP contribution in [0.15, 0.2) is 17.2 Å². The molecule has 19 heavy (non-hydrogen) atoms. The number of methoxy groups -OCH3 is 1. The van der Waals surface area contributed by atoms with Crippen molar-refractivity contribution in [2.45, 2.75) is 17.9 Å². The lowest BCUT2D eigenvalue weighted by Crippen LogP contribution is -2.29. The van der Waals surface area contributed by atoms with Crippen molar-refractivity contribution in [3.63, 3.8) is 0 Å². The maximum atomic E-state index is 12.4. The SMILES string of the molecule is CNCc1cc(S(=O)(=O)N2CCC(COC)C2)c[nH]1. The number of nitrogens with zero attached hydrogens (tertiary/aromatic N) is 1. The van der Waals surface area contributed by atoms with E-state index in [1.807, 2.05) is 7.05 Å². The van der Waals surface area contributed by atoms with Gasteiger partial charge in [0.2, 0.25) is 10.0 Å².